The highest BCUT2D eigenvalue weighted by Crippen LogP contribution is 2.27. The first-order chi connectivity index (χ1) is 16.0. The third-order valence-electron chi connectivity index (χ3n) is 5.58. The summed E-state index contributed by atoms with van der Waals surface area (Å²) < 4.78 is 1.69. The number of hydrogen-bond acceptors (Lipinski definition) is 5. The van der Waals surface area contributed by atoms with Gasteiger partial charge in [-0.2, -0.15) is 0 Å². The number of rotatable bonds is 8. The molecule has 4 rings (SSSR count). The van der Waals surface area contributed by atoms with Gasteiger partial charge >= 0.3 is 0 Å². The van der Waals surface area contributed by atoms with Crippen LogP contribution in [0.4, 0.5) is 0 Å². The Bertz CT molecular complexity index is 1300. The zero-order valence-electron chi connectivity index (χ0n) is 18.3. The lowest BCUT2D eigenvalue weighted by Crippen LogP contribution is -2.41. The zero-order valence-corrected chi connectivity index (χ0v) is 19.9. The van der Waals surface area contributed by atoms with Gasteiger partial charge in [0.1, 0.15) is 10.7 Å². The number of nitrogens with two attached hydrogens (primary N) is 1. The maximum absolute atomic E-state index is 13.5. The third kappa shape index (κ3) is 4.85. The van der Waals surface area contributed by atoms with Crippen molar-refractivity contribution >= 4 is 39.1 Å². The molecule has 170 valence electrons. The molecule has 1 unspecified atom stereocenters. The van der Waals surface area contributed by atoms with E-state index >= 15 is 0 Å². The van der Waals surface area contributed by atoms with Crippen molar-refractivity contribution in [3.8, 4) is 0 Å². The summed E-state index contributed by atoms with van der Waals surface area (Å²) in [5, 5.41) is 3.02. The maximum atomic E-state index is 13.5. The second-order valence-corrected chi connectivity index (χ2v) is 9.04. The smallest absolute Gasteiger partial charge is 0.262 e. The predicted octanol–water partition coefficient (Wildman–Crippen LogP) is 4.71. The first-order valence-corrected chi connectivity index (χ1v) is 12.1. The quantitative estimate of drug-likeness (QED) is 0.396. The Hall–Kier alpha value is -3.00. The van der Waals surface area contributed by atoms with Crippen molar-refractivity contribution in [2.75, 3.05) is 13.1 Å². The second-order valence-electron chi connectivity index (χ2n) is 7.70. The fourth-order valence-corrected chi connectivity index (χ4v) is 4.86. The van der Waals surface area contributed by atoms with Crippen molar-refractivity contribution in [1.29, 1.82) is 0 Å². The van der Waals surface area contributed by atoms with Crippen LogP contribution in [0.1, 0.15) is 41.1 Å². The molecule has 0 aliphatic heterocycles. The standard InChI is InChI=1S/C25H25ClN4O2S/c1-2-21(29(14-13-27)24(31)18-8-10-19(26)11-9-18)22-28-23-20(12-15-33-23)25(32)30(22)16-17-6-4-3-5-7-17/h3-12,15,21H,2,13-14,16,27H2,1H3. The van der Waals surface area contributed by atoms with E-state index in [2.05, 4.69) is 0 Å². The van der Waals surface area contributed by atoms with Crippen LogP contribution in [0.25, 0.3) is 10.2 Å². The Balaban J connectivity index is 1.84. The van der Waals surface area contributed by atoms with Crippen molar-refractivity contribution in [1.82, 2.24) is 14.5 Å². The first kappa shape index (κ1) is 23.2. The van der Waals surface area contributed by atoms with Crippen LogP contribution in [0.5, 0.6) is 0 Å². The van der Waals surface area contributed by atoms with E-state index in [1.807, 2.05) is 42.6 Å². The molecule has 4 aromatic rings. The molecule has 33 heavy (non-hydrogen) atoms. The molecule has 0 radical (unpaired) electrons. The molecule has 2 aromatic heterocycles. The Labute approximate surface area is 201 Å². The van der Waals surface area contributed by atoms with Gasteiger partial charge in [0, 0.05) is 23.7 Å². The molecule has 0 saturated heterocycles. The lowest BCUT2D eigenvalue weighted by molar-refractivity contribution is 0.0664. The molecule has 2 aromatic carbocycles. The number of carbonyl (C=O) groups excluding carboxylic acids is 1. The van der Waals surface area contributed by atoms with Crippen LogP contribution in [-0.4, -0.2) is 33.4 Å². The minimum atomic E-state index is -0.417. The van der Waals surface area contributed by atoms with Gasteiger partial charge < -0.3 is 10.6 Å². The highest BCUT2D eigenvalue weighted by molar-refractivity contribution is 7.16. The second kappa shape index (κ2) is 10.3. The normalized spacial score (nSPS) is 12.1. The molecule has 2 heterocycles. The van der Waals surface area contributed by atoms with Gasteiger partial charge in [-0.05, 0) is 47.7 Å². The van der Waals surface area contributed by atoms with Gasteiger partial charge in [-0.3, -0.25) is 14.2 Å². The van der Waals surface area contributed by atoms with Crippen molar-refractivity contribution in [3.63, 3.8) is 0 Å². The average molecular weight is 481 g/mol. The van der Waals surface area contributed by atoms with E-state index in [1.165, 1.54) is 11.3 Å². The summed E-state index contributed by atoms with van der Waals surface area (Å²) in [6.45, 7) is 2.99. The van der Waals surface area contributed by atoms with Gasteiger partial charge in [0.2, 0.25) is 0 Å². The van der Waals surface area contributed by atoms with Crippen molar-refractivity contribution in [3.05, 3.63) is 98.4 Å². The molecule has 0 aliphatic carbocycles. The van der Waals surface area contributed by atoms with Crippen LogP contribution < -0.4 is 11.3 Å². The molecule has 0 fully saturated rings. The third-order valence-corrected chi connectivity index (χ3v) is 6.64. The van der Waals surface area contributed by atoms with Gasteiger partial charge in [0.25, 0.3) is 11.5 Å². The van der Waals surface area contributed by atoms with E-state index in [0.29, 0.717) is 52.7 Å². The lowest BCUT2D eigenvalue weighted by Gasteiger charge is -2.32. The SMILES string of the molecule is CCC(c1nc2sccc2c(=O)n1Cc1ccccc1)N(CCN)C(=O)c1ccc(Cl)cc1. The minimum absolute atomic E-state index is 0.106. The molecule has 0 aliphatic rings. The fourth-order valence-electron chi connectivity index (χ4n) is 3.98. The van der Waals surface area contributed by atoms with Gasteiger partial charge in [0.15, 0.2) is 0 Å². The Morgan fingerprint density at radius 1 is 1.15 bits per heavy atom. The van der Waals surface area contributed by atoms with Crippen molar-refractivity contribution in [2.24, 2.45) is 5.73 Å². The summed E-state index contributed by atoms with van der Waals surface area (Å²) >= 11 is 7.43. The van der Waals surface area contributed by atoms with Crippen LogP contribution in [0.3, 0.4) is 0 Å². The molecular weight excluding hydrogens is 456 g/mol. The van der Waals surface area contributed by atoms with Gasteiger partial charge in [-0.25, -0.2) is 4.98 Å². The van der Waals surface area contributed by atoms with Gasteiger partial charge in [-0.1, -0.05) is 48.9 Å². The van der Waals surface area contributed by atoms with E-state index in [0.717, 1.165) is 5.56 Å². The molecule has 1 atom stereocenters. The Morgan fingerprint density at radius 3 is 2.55 bits per heavy atom. The van der Waals surface area contributed by atoms with Crippen LogP contribution in [0, 0.1) is 0 Å². The number of benzene rings is 2. The molecule has 8 heteroatoms. The van der Waals surface area contributed by atoms with Crippen LogP contribution in [0.2, 0.25) is 5.02 Å². The average Bonchev–Trinajstić information content (AvgIpc) is 3.31. The number of fused-ring (bicyclic) bond motifs is 1. The maximum Gasteiger partial charge on any atom is 0.262 e. The summed E-state index contributed by atoms with van der Waals surface area (Å²) in [7, 11) is 0. The largest absolute Gasteiger partial charge is 0.329 e. The number of hydrogen-bond donors (Lipinski definition) is 1. The molecule has 6 nitrogen and oxygen atoms in total. The number of aromatic nitrogens is 2. The van der Waals surface area contributed by atoms with E-state index in [-0.39, 0.29) is 11.5 Å². The summed E-state index contributed by atoms with van der Waals surface area (Å²) in [4.78, 5) is 34.2. The number of nitrogens with zero attached hydrogens (tertiary/aromatic N) is 3. The molecule has 0 bridgehead atoms. The van der Waals surface area contributed by atoms with Crippen molar-refractivity contribution < 1.29 is 4.79 Å². The Morgan fingerprint density at radius 2 is 1.88 bits per heavy atom. The van der Waals surface area contributed by atoms with E-state index in [1.54, 1.807) is 39.8 Å². The monoisotopic (exact) mass is 480 g/mol. The summed E-state index contributed by atoms with van der Waals surface area (Å²) in [6, 6.07) is 18.0. The van der Waals surface area contributed by atoms with Crippen LogP contribution >= 0.6 is 22.9 Å². The van der Waals surface area contributed by atoms with Gasteiger partial charge in [-0.15, -0.1) is 11.3 Å². The number of carbonyl (C=O) groups is 1. The topological polar surface area (TPSA) is 81.2 Å². The molecule has 1 amide bonds. The van der Waals surface area contributed by atoms with E-state index in [9.17, 15) is 9.59 Å². The molecular formula is C25H25ClN4O2S. The zero-order chi connectivity index (χ0) is 23.4. The fraction of sp³-hybridized carbons (Fsp3) is 0.240. The van der Waals surface area contributed by atoms with E-state index in [4.69, 9.17) is 22.3 Å². The van der Waals surface area contributed by atoms with Crippen molar-refractivity contribution in [2.45, 2.75) is 25.9 Å². The summed E-state index contributed by atoms with van der Waals surface area (Å²) in [5.74, 6) is 0.396. The minimum Gasteiger partial charge on any atom is -0.329 e. The highest BCUT2D eigenvalue weighted by atomic mass is 35.5. The Kier molecular flexibility index (Phi) is 7.23. The molecule has 2 N–H and O–H groups in total. The summed E-state index contributed by atoms with van der Waals surface area (Å²) in [5.41, 5.74) is 7.30. The first-order valence-electron chi connectivity index (χ1n) is 10.8. The lowest BCUT2D eigenvalue weighted by atomic mass is 10.1. The highest BCUT2D eigenvalue weighted by Gasteiger charge is 2.29. The predicted molar refractivity (Wildman–Crippen MR) is 134 cm³/mol. The van der Waals surface area contributed by atoms with Gasteiger partial charge in [0.05, 0.1) is 18.0 Å². The molecule has 0 spiro atoms. The number of thiophene rings is 1. The van der Waals surface area contributed by atoms with E-state index < -0.39 is 6.04 Å². The molecule has 0 saturated carbocycles. The number of halogens is 1. The van der Waals surface area contributed by atoms with Crippen LogP contribution in [-0.2, 0) is 6.54 Å². The number of amides is 1. The van der Waals surface area contributed by atoms with Crippen LogP contribution in [0.15, 0.2) is 70.8 Å². The summed E-state index contributed by atoms with van der Waals surface area (Å²) in [6.07, 6.45) is 0.581.